The number of hydrogen-bond donors (Lipinski definition) is 2. The second kappa shape index (κ2) is 9.58. The number of benzene rings is 1. The van der Waals surface area contributed by atoms with E-state index in [1.807, 2.05) is 7.05 Å². The van der Waals surface area contributed by atoms with E-state index in [0.29, 0.717) is 28.2 Å². The van der Waals surface area contributed by atoms with Crippen molar-refractivity contribution in [1.82, 2.24) is 10.2 Å². The van der Waals surface area contributed by atoms with Gasteiger partial charge in [0.2, 0.25) is 5.91 Å². The van der Waals surface area contributed by atoms with Crippen molar-refractivity contribution in [3.8, 4) is 0 Å². The molecule has 7 heteroatoms. The maximum atomic E-state index is 12.0. The fourth-order valence-electron chi connectivity index (χ4n) is 2.60. The van der Waals surface area contributed by atoms with Crippen LogP contribution >= 0.6 is 35.6 Å². The van der Waals surface area contributed by atoms with Gasteiger partial charge < -0.3 is 10.6 Å². The smallest absolute Gasteiger partial charge is 0.238 e. The topological polar surface area (TPSA) is 44.4 Å². The number of likely N-dealkylation sites (N-methyl/N-ethyl adjacent to an activating group) is 1. The SMILES string of the molecule is CN(CC(=O)Nc1ccc(Cl)c(Cl)c1)CC1CCCNC1.Cl. The molecule has 1 unspecified atom stereocenters. The number of carbonyl (C=O) groups excluding carboxylic acids is 1. The average molecular weight is 367 g/mol. The van der Waals surface area contributed by atoms with Crippen LogP contribution in [-0.2, 0) is 4.79 Å². The highest BCUT2D eigenvalue weighted by Crippen LogP contribution is 2.24. The lowest BCUT2D eigenvalue weighted by molar-refractivity contribution is -0.117. The van der Waals surface area contributed by atoms with Gasteiger partial charge in [0.05, 0.1) is 16.6 Å². The molecule has 4 nitrogen and oxygen atoms in total. The predicted molar refractivity (Wildman–Crippen MR) is 95.4 cm³/mol. The van der Waals surface area contributed by atoms with Gasteiger partial charge >= 0.3 is 0 Å². The highest BCUT2D eigenvalue weighted by Gasteiger charge is 2.16. The lowest BCUT2D eigenvalue weighted by Crippen LogP contribution is -2.39. The lowest BCUT2D eigenvalue weighted by atomic mass is 9.99. The minimum Gasteiger partial charge on any atom is -0.325 e. The van der Waals surface area contributed by atoms with Crippen LogP contribution in [0.15, 0.2) is 18.2 Å². The molecule has 1 saturated heterocycles. The molecular formula is C15H22Cl3N3O. The largest absolute Gasteiger partial charge is 0.325 e. The summed E-state index contributed by atoms with van der Waals surface area (Å²) in [5.74, 6) is 0.584. The summed E-state index contributed by atoms with van der Waals surface area (Å²) in [6.07, 6.45) is 2.44. The number of nitrogens with one attached hydrogen (secondary N) is 2. The summed E-state index contributed by atoms with van der Waals surface area (Å²) in [7, 11) is 1.98. The van der Waals surface area contributed by atoms with Gasteiger partial charge in [-0.3, -0.25) is 9.69 Å². The zero-order valence-electron chi connectivity index (χ0n) is 12.6. The summed E-state index contributed by atoms with van der Waals surface area (Å²) < 4.78 is 0. The van der Waals surface area contributed by atoms with Gasteiger partial charge in [0.1, 0.15) is 0 Å². The Morgan fingerprint density at radius 2 is 2.18 bits per heavy atom. The van der Waals surface area contributed by atoms with Crippen molar-refractivity contribution in [2.45, 2.75) is 12.8 Å². The highest BCUT2D eigenvalue weighted by atomic mass is 35.5. The molecular weight excluding hydrogens is 345 g/mol. The predicted octanol–water partition coefficient (Wildman–Crippen LogP) is 3.29. The van der Waals surface area contributed by atoms with Crippen LogP contribution in [0.25, 0.3) is 0 Å². The standard InChI is InChI=1S/C15H21Cl2N3O.ClH/c1-20(9-11-3-2-6-18-8-11)10-15(21)19-12-4-5-13(16)14(17)7-12;/h4-5,7,11,18H,2-3,6,8-10H2,1H3,(H,19,21);1H. The Labute approximate surface area is 147 Å². The highest BCUT2D eigenvalue weighted by molar-refractivity contribution is 6.42. The van der Waals surface area contributed by atoms with Crippen molar-refractivity contribution in [2.75, 3.05) is 38.5 Å². The number of carbonyl (C=O) groups is 1. The Balaban J connectivity index is 0.00000242. The minimum atomic E-state index is -0.0420. The van der Waals surface area contributed by atoms with Crippen LogP contribution in [0.1, 0.15) is 12.8 Å². The molecule has 1 aromatic rings. The van der Waals surface area contributed by atoms with Crippen LogP contribution in [-0.4, -0.2) is 44.0 Å². The van der Waals surface area contributed by atoms with Crippen LogP contribution in [0.2, 0.25) is 10.0 Å². The van der Waals surface area contributed by atoms with Gasteiger partial charge in [0, 0.05) is 12.2 Å². The van der Waals surface area contributed by atoms with Crippen LogP contribution in [0.4, 0.5) is 5.69 Å². The summed E-state index contributed by atoms with van der Waals surface area (Å²) in [5.41, 5.74) is 0.669. The van der Waals surface area contributed by atoms with Crippen molar-refractivity contribution in [1.29, 1.82) is 0 Å². The summed E-state index contributed by atoms with van der Waals surface area (Å²) in [6.45, 7) is 3.45. The Kier molecular flexibility index (Phi) is 8.50. The van der Waals surface area contributed by atoms with E-state index in [9.17, 15) is 4.79 Å². The van der Waals surface area contributed by atoms with Crippen molar-refractivity contribution in [2.24, 2.45) is 5.92 Å². The van der Waals surface area contributed by atoms with E-state index in [2.05, 4.69) is 15.5 Å². The van der Waals surface area contributed by atoms with E-state index < -0.39 is 0 Å². The molecule has 0 aromatic heterocycles. The number of piperidine rings is 1. The molecule has 1 amide bonds. The monoisotopic (exact) mass is 365 g/mol. The normalized spacial score (nSPS) is 17.9. The van der Waals surface area contributed by atoms with Gasteiger partial charge in [-0.2, -0.15) is 0 Å². The maximum Gasteiger partial charge on any atom is 0.238 e. The summed E-state index contributed by atoms with van der Waals surface area (Å²) in [5, 5.41) is 7.15. The number of amides is 1. The van der Waals surface area contributed by atoms with E-state index in [4.69, 9.17) is 23.2 Å². The second-order valence-electron chi connectivity index (χ2n) is 5.59. The number of nitrogens with zero attached hydrogens (tertiary/aromatic N) is 1. The number of rotatable bonds is 5. The number of hydrogen-bond acceptors (Lipinski definition) is 3. The van der Waals surface area contributed by atoms with Crippen molar-refractivity contribution >= 4 is 47.2 Å². The van der Waals surface area contributed by atoms with Crippen LogP contribution in [0.5, 0.6) is 0 Å². The Bertz CT molecular complexity index is 493. The van der Waals surface area contributed by atoms with Crippen molar-refractivity contribution in [3.63, 3.8) is 0 Å². The molecule has 22 heavy (non-hydrogen) atoms. The van der Waals surface area contributed by atoms with Crippen molar-refractivity contribution < 1.29 is 4.79 Å². The van der Waals surface area contributed by atoms with E-state index in [1.54, 1.807) is 18.2 Å². The Morgan fingerprint density at radius 1 is 1.41 bits per heavy atom. The molecule has 0 bridgehead atoms. The van der Waals surface area contributed by atoms with Gasteiger partial charge in [-0.1, -0.05) is 23.2 Å². The third kappa shape index (κ3) is 6.31. The first-order valence-corrected chi connectivity index (χ1v) is 7.94. The quantitative estimate of drug-likeness (QED) is 0.840. The zero-order valence-corrected chi connectivity index (χ0v) is 14.9. The molecule has 0 spiro atoms. The maximum absolute atomic E-state index is 12.0. The summed E-state index contributed by atoms with van der Waals surface area (Å²) >= 11 is 11.8. The lowest BCUT2D eigenvalue weighted by Gasteiger charge is -2.27. The van der Waals surface area contributed by atoms with Crippen LogP contribution in [0, 0.1) is 5.92 Å². The van der Waals surface area contributed by atoms with E-state index in [0.717, 1.165) is 19.6 Å². The fourth-order valence-corrected chi connectivity index (χ4v) is 2.90. The Morgan fingerprint density at radius 3 is 2.82 bits per heavy atom. The van der Waals surface area contributed by atoms with E-state index in [1.165, 1.54) is 12.8 Å². The number of halogens is 3. The first-order valence-electron chi connectivity index (χ1n) is 7.19. The molecule has 1 fully saturated rings. The molecule has 1 atom stereocenters. The van der Waals surface area contributed by atoms with Gasteiger partial charge in [0.25, 0.3) is 0 Å². The molecule has 0 radical (unpaired) electrons. The van der Waals surface area contributed by atoms with Crippen LogP contribution in [0.3, 0.4) is 0 Å². The van der Waals surface area contributed by atoms with Gasteiger partial charge in [-0.05, 0) is 57.1 Å². The molecule has 124 valence electrons. The zero-order chi connectivity index (χ0) is 15.2. The van der Waals surface area contributed by atoms with E-state index in [-0.39, 0.29) is 18.3 Å². The third-order valence-electron chi connectivity index (χ3n) is 3.59. The summed E-state index contributed by atoms with van der Waals surface area (Å²) in [4.78, 5) is 14.1. The molecule has 0 aliphatic carbocycles. The first-order chi connectivity index (χ1) is 10.0. The summed E-state index contributed by atoms with van der Waals surface area (Å²) in [6, 6.07) is 5.08. The van der Waals surface area contributed by atoms with Gasteiger partial charge in [0.15, 0.2) is 0 Å². The first kappa shape index (κ1) is 19.5. The average Bonchev–Trinajstić information content (AvgIpc) is 2.43. The van der Waals surface area contributed by atoms with Gasteiger partial charge in [-0.25, -0.2) is 0 Å². The molecule has 2 rings (SSSR count). The van der Waals surface area contributed by atoms with Crippen molar-refractivity contribution in [3.05, 3.63) is 28.2 Å². The molecule has 0 saturated carbocycles. The minimum absolute atomic E-state index is 0. The molecule has 1 heterocycles. The Hall–Kier alpha value is -0.520. The molecule has 1 aliphatic rings. The molecule has 1 aromatic carbocycles. The molecule has 1 aliphatic heterocycles. The fraction of sp³-hybridized carbons (Fsp3) is 0.533. The number of anilines is 1. The third-order valence-corrected chi connectivity index (χ3v) is 4.32. The van der Waals surface area contributed by atoms with Gasteiger partial charge in [-0.15, -0.1) is 12.4 Å². The van der Waals surface area contributed by atoms with Crippen LogP contribution < -0.4 is 10.6 Å². The molecule has 2 N–H and O–H groups in total. The van der Waals surface area contributed by atoms with E-state index >= 15 is 0 Å². The second-order valence-corrected chi connectivity index (χ2v) is 6.40.